The van der Waals surface area contributed by atoms with Crippen LogP contribution in [0.2, 0.25) is 0 Å². The van der Waals surface area contributed by atoms with Gasteiger partial charge in [0.05, 0.1) is 12.3 Å². The Morgan fingerprint density at radius 3 is 2.43 bits per heavy atom. The van der Waals surface area contributed by atoms with Gasteiger partial charge in [0, 0.05) is 54.3 Å². The van der Waals surface area contributed by atoms with E-state index in [1.54, 1.807) is 6.20 Å². The molecule has 7 nitrogen and oxygen atoms in total. The van der Waals surface area contributed by atoms with Crippen molar-refractivity contribution < 1.29 is 9.59 Å². The summed E-state index contributed by atoms with van der Waals surface area (Å²) in [5, 5.41) is 3.78. The lowest BCUT2D eigenvalue weighted by atomic mass is 10.1. The summed E-state index contributed by atoms with van der Waals surface area (Å²) in [6.07, 6.45) is 3.65. The van der Waals surface area contributed by atoms with Gasteiger partial charge in [0.15, 0.2) is 5.16 Å². The van der Waals surface area contributed by atoms with Gasteiger partial charge < -0.3 is 10.2 Å². The van der Waals surface area contributed by atoms with Gasteiger partial charge in [-0.25, -0.2) is 4.98 Å². The molecule has 2 aromatic rings. The molecule has 1 saturated heterocycles. The Labute approximate surface area is 190 Å². The van der Waals surface area contributed by atoms with E-state index in [-0.39, 0.29) is 17.4 Å². The van der Waals surface area contributed by atoms with Crippen molar-refractivity contribution in [3.63, 3.8) is 0 Å². The van der Waals surface area contributed by atoms with Gasteiger partial charge in [-0.2, -0.15) is 0 Å². The molecule has 0 bridgehead atoms. The van der Waals surface area contributed by atoms with Crippen LogP contribution in [0.4, 0.5) is 0 Å². The van der Waals surface area contributed by atoms with Crippen molar-refractivity contribution in [2.24, 2.45) is 0 Å². The molecule has 0 unspecified atom stereocenters. The van der Waals surface area contributed by atoms with Crippen LogP contribution in [0, 0.1) is 0 Å². The summed E-state index contributed by atoms with van der Waals surface area (Å²) in [4.78, 5) is 33.1. The predicted molar refractivity (Wildman–Crippen MR) is 123 cm³/mol. The minimum absolute atomic E-state index is 0.0256. The number of nitrogens with zero attached hydrogens (tertiary/aromatic N) is 4. The van der Waals surface area contributed by atoms with Gasteiger partial charge in [0.1, 0.15) is 0 Å². The van der Waals surface area contributed by atoms with Gasteiger partial charge in [0.25, 0.3) is 0 Å². The smallest absolute Gasteiger partial charge is 0.234 e. The Morgan fingerprint density at radius 1 is 1.13 bits per heavy atom. The molecule has 0 saturated carbocycles. The van der Waals surface area contributed by atoms with Crippen molar-refractivity contribution in [3.05, 3.63) is 41.1 Å². The van der Waals surface area contributed by atoms with Gasteiger partial charge in [-0.15, -0.1) is 0 Å². The van der Waals surface area contributed by atoms with Gasteiger partial charge in [0.2, 0.25) is 11.8 Å². The molecule has 0 spiro atoms. The van der Waals surface area contributed by atoms with Crippen molar-refractivity contribution >= 4 is 39.5 Å². The second kappa shape index (κ2) is 9.98. The zero-order valence-corrected chi connectivity index (χ0v) is 20.0. The number of halogens is 1. The monoisotopic (exact) mass is 493 g/mol. The minimum Gasteiger partial charge on any atom is -0.350 e. The second-order valence-corrected chi connectivity index (χ2v) is 10.2. The lowest BCUT2D eigenvalue weighted by Gasteiger charge is -2.34. The highest BCUT2D eigenvalue weighted by atomic mass is 79.9. The van der Waals surface area contributed by atoms with E-state index in [4.69, 9.17) is 0 Å². The number of carbonyl (C=O) groups excluding carboxylic acids is 2. The Balaban J connectivity index is 1.47. The van der Waals surface area contributed by atoms with E-state index in [1.807, 2.05) is 60.7 Å². The maximum Gasteiger partial charge on any atom is 0.234 e. The van der Waals surface area contributed by atoms with Gasteiger partial charge >= 0.3 is 0 Å². The first-order chi connectivity index (χ1) is 14.2. The maximum atomic E-state index is 12.7. The number of aromatic nitrogens is 2. The second-order valence-electron chi connectivity index (χ2n) is 8.30. The molecule has 1 N–H and O–H groups in total. The number of benzene rings is 1. The van der Waals surface area contributed by atoms with Crippen LogP contribution in [0.5, 0.6) is 0 Å². The number of rotatable bonds is 6. The summed E-state index contributed by atoms with van der Waals surface area (Å²) in [5.41, 5.74) is 0.779. The number of piperazine rings is 1. The van der Waals surface area contributed by atoms with E-state index >= 15 is 0 Å². The summed E-state index contributed by atoms with van der Waals surface area (Å²) >= 11 is 4.89. The average molecular weight is 494 g/mol. The number of hydrogen-bond acceptors (Lipinski definition) is 5. The van der Waals surface area contributed by atoms with Crippen molar-refractivity contribution in [1.29, 1.82) is 0 Å². The standard InChI is InChI=1S/C21H28BrN5O2S/c1-21(2,3)24-18(28)14-25-10-12-26(13-11-25)19(29)15-30-20-23-8-9-27(20)17-6-4-16(22)5-7-17/h4-9H,10-15H2,1-3H3,(H,24,28). The molecule has 1 fully saturated rings. The first-order valence-electron chi connectivity index (χ1n) is 9.94. The number of amides is 2. The highest BCUT2D eigenvalue weighted by molar-refractivity contribution is 9.10. The van der Waals surface area contributed by atoms with Crippen LogP contribution in [0.3, 0.4) is 0 Å². The highest BCUT2D eigenvalue weighted by Gasteiger charge is 2.24. The van der Waals surface area contributed by atoms with Crippen molar-refractivity contribution in [2.75, 3.05) is 38.5 Å². The fraction of sp³-hybridized carbons (Fsp3) is 0.476. The SMILES string of the molecule is CC(C)(C)NC(=O)CN1CCN(C(=O)CSc2nccn2-c2ccc(Br)cc2)CC1. The third kappa shape index (κ3) is 6.58. The van der Waals surface area contributed by atoms with Crippen LogP contribution in [-0.4, -0.2) is 75.2 Å². The lowest BCUT2D eigenvalue weighted by Crippen LogP contribution is -2.53. The zero-order chi connectivity index (χ0) is 21.7. The lowest BCUT2D eigenvalue weighted by molar-refractivity contribution is -0.130. The molecule has 0 aliphatic carbocycles. The first-order valence-corrected chi connectivity index (χ1v) is 11.7. The van der Waals surface area contributed by atoms with Crippen LogP contribution in [0.15, 0.2) is 46.3 Å². The van der Waals surface area contributed by atoms with Crippen LogP contribution < -0.4 is 5.32 Å². The Morgan fingerprint density at radius 2 is 1.80 bits per heavy atom. The molecular weight excluding hydrogens is 466 g/mol. The molecule has 1 aliphatic rings. The van der Waals surface area contributed by atoms with E-state index in [0.717, 1.165) is 15.3 Å². The largest absolute Gasteiger partial charge is 0.350 e. The molecule has 9 heteroatoms. The molecule has 0 atom stereocenters. The van der Waals surface area contributed by atoms with Crippen LogP contribution in [-0.2, 0) is 9.59 Å². The minimum atomic E-state index is -0.228. The third-order valence-corrected chi connectivity index (χ3v) is 6.12. The number of carbonyl (C=O) groups is 2. The number of thioether (sulfide) groups is 1. The Hall–Kier alpha value is -1.84. The number of hydrogen-bond donors (Lipinski definition) is 1. The van der Waals surface area contributed by atoms with Crippen molar-refractivity contribution in [3.8, 4) is 5.69 Å². The van der Waals surface area contributed by atoms with Gasteiger partial charge in [-0.05, 0) is 45.0 Å². The van der Waals surface area contributed by atoms with E-state index in [2.05, 4.69) is 31.1 Å². The molecular formula is C21H28BrN5O2S. The summed E-state index contributed by atoms with van der Waals surface area (Å²) in [5.74, 6) is 0.472. The Kier molecular flexibility index (Phi) is 7.60. The molecule has 2 heterocycles. The van der Waals surface area contributed by atoms with Crippen LogP contribution in [0.25, 0.3) is 5.69 Å². The van der Waals surface area contributed by atoms with Gasteiger partial charge in [-0.1, -0.05) is 27.7 Å². The van der Waals surface area contributed by atoms with E-state index in [9.17, 15) is 9.59 Å². The fourth-order valence-corrected chi connectivity index (χ4v) is 4.37. The van der Waals surface area contributed by atoms with Crippen molar-refractivity contribution in [1.82, 2.24) is 24.7 Å². The van der Waals surface area contributed by atoms with Crippen LogP contribution in [0.1, 0.15) is 20.8 Å². The summed E-state index contributed by atoms with van der Waals surface area (Å²) < 4.78 is 3.00. The molecule has 162 valence electrons. The topological polar surface area (TPSA) is 70.5 Å². The average Bonchev–Trinajstić information content (AvgIpc) is 3.14. The third-order valence-electron chi connectivity index (χ3n) is 4.64. The zero-order valence-electron chi connectivity index (χ0n) is 17.6. The number of nitrogens with one attached hydrogen (secondary N) is 1. The van der Waals surface area contributed by atoms with E-state index < -0.39 is 0 Å². The Bertz CT molecular complexity index is 870. The first kappa shape index (κ1) is 22.8. The van der Waals surface area contributed by atoms with Crippen molar-refractivity contribution in [2.45, 2.75) is 31.5 Å². The quantitative estimate of drug-likeness (QED) is 0.626. The normalized spacial score (nSPS) is 15.3. The van der Waals surface area contributed by atoms with Gasteiger partial charge in [-0.3, -0.25) is 19.1 Å². The highest BCUT2D eigenvalue weighted by Crippen LogP contribution is 2.22. The van der Waals surface area contributed by atoms with Crippen LogP contribution >= 0.6 is 27.7 Å². The van der Waals surface area contributed by atoms with E-state index in [0.29, 0.717) is 38.5 Å². The summed E-state index contributed by atoms with van der Waals surface area (Å²) in [6.45, 7) is 9.00. The summed E-state index contributed by atoms with van der Waals surface area (Å²) in [6, 6.07) is 7.98. The molecule has 30 heavy (non-hydrogen) atoms. The molecule has 0 radical (unpaired) electrons. The molecule has 1 aromatic carbocycles. The predicted octanol–water partition coefficient (Wildman–Crippen LogP) is 2.79. The fourth-order valence-electron chi connectivity index (χ4n) is 3.23. The molecule has 1 aromatic heterocycles. The molecule has 1 aliphatic heterocycles. The molecule has 2 amide bonds. The maximum absolute atomic E-state index is 12.7. The number of imidazole rings is 1. The van der Waals surface area contributed by atoms with E-state index in [1.165, 1.54) is 11.8 Å². The summed E-state index contributed by atoms with van der Waals surface area (Å²) in [7, 11) is 0. The molecule has 3 rings (SSSR count).